The van der Waals surface area contributed by atoms with Crippen molar-refractivity contribution in [2.75, 3.05) is 0 Å². The first-order chi connectivity index (χ1) is 10.1. The number of hydrogen-bond acceptors (Lipinski definition) is 5. The van der Waals surface area contributed by atoms with E-state index >= 15 is 0 Å². The Kier molecular flexibility index (Phi) is 6.76. The summed E-state index contributed by atoms with van der Waals surface area (Å²) in [5.41, 5.74) is 2.57. The number of carbonyl (C=O) groups is 1. The Hall–Kier alpha value is -2.17. The fraction of sp³-hybridized carbons (Fsp3) is 0.125. The third-order valence-electron chi connectivity index (χ3n) is 2.53. The number of rotatable bonds is 1. The molecule has 0 amide bonds. The molecule has 0 unspecified atom stereocenters. The Labute approximate surface area is 141 Å². The van der Waals surface area contributed by atoms with Crippen LogP contribution in [0.5, 0.6) is 0 Å². The molecule has 0 aliphatic carbocycles. The molecule has 1 radical (unpaired) electrons. The minimum Gasteiger partial charge on any atom is -0.512 e. The molecule has 115 valence electrons. The molecule has 3 rings (SSSR count). The summed E-state index contributed by atoms with van der Waals surface area (Å²) in [6, 6.07) is 8.72. The fourth-order valence-corrected chi connectivity index (χ4v) is 1.78. The van der Waals surface area contributed by atoms with E-state index in [1.165, 1.54) is 19.9 Å². The van der Waals surface area contributed by atoms with Crippen molar-refractivity contribution in [1.29, 1.82) is 0 Å². The maximum Gasteiger partial charge on any atom is 0.155 e. The first kappa shape index (κ1) is 17.9. The predicted molar refractivity (Wildman–Crippen MR) is 80.7 cm³/mol. The fourth-order valence-electron chi connectivity index (χ4n) is 1.78. The van der Waals surface area contributed by atoms with Crippen LogP contribution >= 0.6 is 0 Å². The molecule has 0 aliphatic heterocycles. The number of pyridine rings is 3. The molecule has 0 fully saturated rings. The van der Waals surface area contributed by atoms with Gasteiger partial charge in [-0.15, -0.1) is 12.1 Å². The second-order valence-electron chi connectivity index (χ2n) is 4.38. The summed E-state index contributed by atoms with van der Waals surface area (Å²) in [5.74, 6) is -0.0625. The molecule has 1 N–H and O–H groups in total. The van der Waals surface area contributed by atoms with E-state index in [4.69, 9.17) is 5.11 Å². The van der Waals surface area contributed by atoms with Gasteiger partial charge in [0.1, 0.15) is 0 Å². The molecule has 3 heterocycles. The van der Waals surface area contributed by atoms with Crippen LogP contribution in [0.4, 0.5) is 0 Å². The van der Waals surface area contributed by atoms with Crippen LogP contribution in [0.3, 0.4) is 0 Å². The van der Waals surface area contributed by atoms with E-state index in [9.17, 15) is 4.79 Å². The van der Waals surface area contributed by atoms with E-state index in [-0.39, 0.29) is 31.6 Å². The molecular formula is C16H14IrN3O2-. The van der Waals surface area contributed by atoms with Gasteiger partial charge in [-0.2, -0.15) is 0 Å². The maximum absolute atomic E-state index is 10.0. The van der Waals surface area contributed by atoms with Crippen molar-refractivity contribution in [2.24, 2.45) is 0 Å². The van der Waals surface area contributed by atoms with Gasteiger partial charge >= 0.3 is 0 Å². The van der Waals surface area contributed by atoms with Gasteiger partial charge in [0.15, 0.2) is 5.78 Å². The first-order valence-corrected chi connectivity index (χ1v) is 6.32. The van der Waals surface area contributed by atoms with E-state index in [0.29, 0.717) is 0 Å². The Balaban J connectivity index is 0.000000264. The Morgan fingerprint density at radius 3 is 2.59 bits per heavy atom. The zero-order valence-electron chi connectivity index (χ0n) is 12.1. The second-order valence-corrected chi connectivity index (χ2v) is 4.38. The third-order valence-corrected chi connectivity index (χ3v) is 2.53. The zero-order chi connectivity index (χ0) is 15.2. The maximum atomic E-state index is 10.0. The second kappa shape index (κ2) is 8.32. The molecule has 0 saturated heterocycles. The van der Waals surface area contributed by atoms with E-state index in [1.54, 1.807) is 24.7 Å². The van der Waals surface area contributed by atoms with Crippen LogP contribution in [0, 0.1) is 6.07 Å². The number of aliphatic hydroxyl groups is 1. The van der Waals surface area contributed by atoms with Crippen LogP contribution in [0.25, 0.3) is 21.9 Å². The molecule has 0 saturated carbocycles. The van der Waals surface area contributed by atoms with Gasteiger partial charge in [-0.1, -0.05) is 11.6 Å². The minimum atomic E-state index is -0.125. The average Bonchev–Trinajstić information content (AvgIpc) is 2.46. The summed E-state index contributed by atoms with van der Waals surface area (Å²) in [4.78, 5) is 22.8. The van der Waals surface area contributed by atoms with Gasteiger partial charge in [0, 0.05) is 49.6 Å². The monoisotopic (exact) mass is 473 g/mol. The summed E-state index contributed by atoms with van der Waals surface area (Å²) in [5, 5.41) is 9.29. The van der Waals surface area contributed by atoms with Crippen LogP contribution in [0.2, 0.25) is 0 Å². The van der Waals surface area contributed by atoms with E-state index in [0.717, 1.165) is 21.9 Å². The van der Waals surface area contributed by atoms with Gasteiger partial charge in [-0.05, 0) is 31.5 Å². The molecule has 5 nitrogen and oxygen atoms in total. The molecule has 0 atom stereocenters. The first-order valence-electron chi connectivity index (χ1n) is 6.32. The number of ketones is 1. The summed E-state index contributed by atoms with van der Waals surface area (Å²) >= 11 is 0. The van der Waals surface area contributed by atoms with Crippen molar-refractivity contribution in [3.63, 3.8) is 0 Å². The van der Waals surface area contributed by atoms with Gasteiger partial charge in [0.05, 0.1) is 5.76 Å². The molecule has 0 aromatic carbocycles. The predicted octanol–water partition coefficient (Wildman–Crippen LogP) is 3.01. The van der Waals surface area contributed by atoms with Crippen molar-refractivity contribution in [3.05, 3.63) is 54.7 Å². The van der Waals surface area contributed by atoms with Crippen molar-refractivity contribution in [1.82, 2.24) is 15.0 Å². The number of aliphatic hydroxyl groups excluding tert-OH is 1. The molecule has 0 aliphatic rings. The summed E-state index contributed by atoms with van der Waals surface area (Å²) < 4.78 is 0. The average molecular weight is 473 g/mol. The Morgan fingerprint density at radius 2 is 1.95 bits per heavy atom. The topological polar surface area (TPSA) is 76.0 Å². The molecule has 6 heteroatoms. The van der Waals surface area contributed by atoms with Gasteiger partial charge < -0.3 is 15.1 Å². The number of nitrogens with zero attached hydrogens (tertiary/aromatic N) is 3. The Morgan fingerprint density at radius 1 is 1.18 bits per heavy atom. The smallest absolute Gasteiger partial charge is 0.155 e. The standard InChI is InChI=1S/C11H6N3.C5H8O2.Ir/c1-3-8-10(12-5-1)7-14-9-4-2-6-13-11(8)9;1-4(6)3-5(2)7;/h1-2,4-7H;3,6H,1-2H3;/q-1;;. The van der Waals surface area contributed by atoms with Crippen LogP contribution < -0.4 is 0 Å². The quantitative estimate of drug-likeness (QED) is 0.255. The molecule has 0 spiro atoms. The molecule has 3 aromatic rings. The van der Waals surface area contributed by atoms with Gasteiger partial charge in [0.2, 0.25) is 0 Å². The summed E-state index contributed by atoms with van der Waals surface area (Å²) in [6.07, 6.45) is 6.37. The van der Waals surface area contributed by atoms with Crippen molar-refractivity contribution in [3.8, 4) is 0 Å². The number of aromatic nitrogens is 3. The normalized spacial score (nSPS) is 10.5. The van der Waals surface area contributed by atoms with Crippen LogP contribution in [0.15, 0.2) is 48.6 Å². The minimum absolute atomic E-state index is 0. The van der Waals surface area contributed by atoms with Crippen LogP contribution in [-0.4, -0.2) is 25.8 Å². The Bertz CT molecular complexity index is 760. The summed E-state index contributed by atoms with van der Waals surface area (Å²) in [7, 11) is 0. The van der Waals surface area contributed by atoms with Gasteiger partial charge in [-0.25, -0.2) is 0 Å². The van der Waals surface area contributed by atoms with Crippen LogP contribution in [-0.2, 0) is 24.9 Å². The van der Waals surface area contributed by atoms with Crippen molar-refractivity contribution in [2.45, 2.75) is 13.8 Å². The SMILES string of the molecule is CC(=O)C=C(C)O.[Ir].[c-]1ccnc2cnc3cccnc3c12. The van der Waals surface area contributed by atoms with E-state index in [1.807, 2.05) is 12.1 Å². The van der Waals surface area contributed by atoms with Crippen molar-refractivity contribution < 1.29 is 30.0 Å². The van der Waals surface area contributed by atoms with E-state index < -0.39 is 0 Å². The van der Waals surface area contributed by atoms with Crippen LogP contribution in [0.1, 0.15) is 13.8 Å². The largest absolute Gasteiger partial charge is 0.512 e. The number of allylic oxidation sites excluding steroid dienone is 2. The summed E-state index contributed by atoms with van der Waals surface area (Å²) in [6.45, 7) is 2.85. The molecule has 0 bridgehead atoms. The van der Waals surface area contributed by atoms with E-state index in [2.05, 4.69) is 21.0 Å². The number of carbonyl (C=O) groups excluding carboxylic acids is 1. The zero-order valence-corrected chi connectivity index (χ0v) is 14.5. The molecule has 22 heavy (non-hydrogen) atoms. The number of fused-ring (bicyclic) bond motifs is 3. The third kappa shape index (κ3) is 4.69. The van der Waals surface area contributed by atoms with Gasteiger partial charge in [0.25, 0.3) is 0 Å². The molecule has 3 aromatic heterocycles. The number of hydrogen-bond donors (Lipinski definition) is 1. The van der Waals surface area contributed by atoms with Crippen molar-refractivity contribution >= 4 is 27.7 Å². The van der Waals surface area contributed by atoms with Gasteiger partial charge in [-0.3, -0.25) is 9.78 Å². The molecular weight excluding hydrogens is 458 g/mol.